The summed E-state index contributed by atoms with van der Waals surface area (Å²) in [5.41, 5.74) is 1.55. The summed E-state index contributed by atoms with van der Waals surface area (Å²) in [5.74, 6) is 0. The SMILES string of the molecule is C=CCCCC1=CC(Cl)CC1. The van der Waals surface area contributed by atoms with Crippen LogP contribution in [-0.4, -0.2) is 5.38 Å². The second-order valence-electron chi connectivity index (χ2n) is 3.06. The van der Waals surface area contributed by atoms with Gasteiger partial charge in [0.2, 0.25) is 0 Å². The second kappa shape index (κ2) is 4.61. The molecule has 1 unspecified atom stereocenters. The van der Waals surface area contributed by atoms with E-state index in [1.54, 1.807) is 5.57 Å². The topological polar surface area (TPSA) is 0 Å². The Kier molecular flexibility index (Phi) is 3.71. The zero-order valence-corrected chi connectivity index (χ0v) is 7.61. The molecule has 1 aliphatic rings. The van der Waals surface area contributed by atoms with Crippen LogP contribution in [0.3, 0.4) is 0 Å². The fourth-order valence-electron chi connectivity index (χ4n) is 1.43. The van der Waals surface area contributed by atoms with Gasteiger partial charge in [0.1, 0.15) is 0 Å². The monoisotopic (exact) mass is 170 g/mol. The van der Waals surface area contributed by atoms with Crippen LogP contribution in [0.4, 0.5) is 0 Å². The minimum Gasteiger partial charge on any atom is -0.118 e. The number of hydrogen-bond acceptors (Lipinski definition) is 0. The molecule has 0 spiro atoms. The predicted octanol–water partition coefficient (Wildman–Crippen LogP) is 3.67. The van der Waals surface area contributed by atoms with E-state index >= 15 is 0 Å². The normalized spacial score (nSPS) is 23.4. The number of allylic oxidation sites excluding steroid dienone is 3. The third-order valence-corrected chi connectivity index (χ3v) is 2.41. The molecule has 0 saturated carbocycles. The van der Waals surface area contributed by atoms with Crippen molar-refractivity contribution in [3.8, 4) is 0 Å². The van der Waals surface area contributed by atoms with Crippen molar-refractivity contribution in [3.05, 3.63) is 24.3 Å². The van der Waals surface area contributed by atoms with E-state index in [1.807, 2.05) is 6.08 Å². The molecule has 62 valence electrons. The van der Waals surface area contributed by atoms with Gasteiger partial charge in [-0.15, -0.1) is 18.2 Å². The molecule has 0 aromatic rings. The van der Waals surface area contributed by atoms with Crippen LogP contribution in [0.1, 0.15) is 32.1 Å². The summed E-state index contributed by atoms with van der Waals surface area (Å²) in [6.07, 6.45) is 10.1. The third-order valence-electron chi connectivity index (χ3n) is 2.06. The first-order chi connectivity index (χ1) is 5.33. The van der Waals surface area contributed by atoms with E-state index in [0.717, 1.165) is 12.8 Å². The molecule has 0 heterocycles. The summed E-state index contributed by atoms with van der Waals surface area (Å²) in [6.45, 7) is 3.69. The molecular formula is C10H15Cl. The van der Waals surface area contributed by atoms with Gasteiger partial charge in [-0.3, -0.25) is 0 Å². The molecule has 1 heteroatoms. The Morgan fingerprint density at radius 1 is 1.73 bits per heavy atom. The van der Waals surface area contributed by atoms with Gasteiger partial charge in [0, 0.05) is 0 Å². The molecule has 0 fully saturated rings. The minimum absolute atomic E-state index is 0.314. The van der Waals surface area contributed by atoms with Gasteiger partial charge in [-0.1, -0.05) is 17.7 Å². The van der Waals surface area contributed by atoms with E-state index in [0.29, 0.717) is 5.38 Å². The Morgan fingerprint density at radius 2 is 2.55 bits per heavy atom. The Bertz CT molecular complexity index is 158. The quantitative estimate of drug-likeness (QED) is 0.343. The molecule has 0 nitrogen and oxygen atoms in total. The second-order valence-corrected chi connectivity index (χ2v) is 3.62. The predicted molar refractivity (Wildman–Crippen MR) is 51.0 cm³/mol. The van der Waals surface area contributed by atoms with E-state index in [1.165, 1.54) is 19.3 Å². The molecule has 1 aliphatic carbocycles. The highest BCUT2D eigenvalue weighted by atomic mass is 35.5. The van der Waals surface area contributed by atoms with E-state index in [2.05, 4.69) is 12.7 Å². The molecule has 1 rings (SSSR count). The van der Waals surface area contributed by atoms with Gasteiger partial charge in [-0.2, -0.15) is 0 Å². The van der Waals surface area contributed by atoms with Gasteiger partial charge in [0.15, 0.2) is 0 Å². The average Bonchev–Trinajstić information content (AvgIpc) is 2.37. The van der Waals surface area contributed by atoms with Crippen LogP contribution < -0.4 is 0 Å². The molecule has 0 aliphatic heterocycles. The van der Waals surface area contributed by atoms with Gasteiger partial charge in [-0.05, 0) is 32.1 Å². The lowest BCUT2D eigenvalue weighted by Crippen LogP contribution is -1.81. The van der Waals surface area contributed by atoms with Crippen molar-refractivity contribution in [3.63, 3.8) is 0 Å². The van der Waals surface area contributed by atoms with E-state index in [-0.39, 0.29) is 0 Å². The minimum atomic E-state index is 0.314. The summed E-state index contributed by atoms with van der Waals surface area (Å²) < 4.78 is 0. The average molecular weight is 171 g/mol. The highest BCUT2D eigenvalue weighted by Crippen LogP contribution is 2.26. The largest absolute Gasteiger partial charge is 0.118 e. The van der Waals surface area contributed by atoms with Gasteiger partial charge < -0.3 is 0 Å². The lowest BCUT2D eigenvalue weighted by atomic mass is 10.1. The summed E-state index contributed by atoms with van der Waals surface area (Å²) in [5, 5.41) is 0.314. The maximum Gasteiger partial charge on any atom is 0.0521 e. The summed E-state index contributed by atoms with van der Waals surface area (Å²) in [6, 6.07) is 0. The Morgan fingerprint density at radius 3 is 3.09 bits per heavy atom. The molecule has 11 heavy (non-hydrogen) atoms. The lowest BCUT2D eigenvalue weighted by Gasteiger charge is -1.97. The standard InChI is InChI=1S/C10H15Cl/c1-2-3-4-5-9-6-7-10(11)8-9/h2,8,10H,1,3-7H2. The van der Waals surface area contributed by atoms with Crippen LogP contribution in [-0.2, 0) is 0 Å². The number of unbranched alkanes of at least 4 members (excludes halogenated alkanes) is 1. The van der Waals surface area contributed by atoms with Crippen molar-refractivity contribution in [1.82, 2.24) is 0 Å². The van der Waals surface area contributed by atoms with Crippen LogP contribution in [0.2, 0.25) is 0 Å². The van der Waals surface area contributed by atoms with E-state index < -0.39 is 0 Å². The summed E-state index contributed by atoms with van der Waals surface area (Å²) >= 11 is 5.92. The Balaban J connectivity index is 2.16. The fourth-order valence-corrected chi connectivity index (χ4v) is 1.71. The van der Waals surface area contributed by atoms with Crippen LogP contribution in [0, 0.1) is 0 Å². The number of alkyl halides is 1. The third kappa shape index (κ3) is 3.11. The smallest absolute Gasteiger partial charge is 0.0521 e. The van der Waals surface area contributed by atoms with Gasteiger partial charge in [0.25, 0.3) is 0 Å². The molecule has 0 aromatic carbocycles. The molecule has 0 amide bonds. The molecule has 0 radical (unpaired) electrons. The van der Waals surface area contributed by atoms with Crippen LogP contribution in [0.25, 0.3) is 0 Å². The van der Waals surface area contributed by atoms with Crippen LogP contribution >= 0.6 is 11.6 Å². The molecular weight excluding hydrogens is 156 g/mol. The van der Waals surface area contributed by atoms with E-state index in [9.17, 15) is 0 Å². The van der Waals surface area contributed by atoms with Crippen molar-refractivity contribution in [2.75, 3.05) is 0 Å². The van der Waals surface area contributed by atoms with Crippen molar-refractivity contribution >= 4 is 11.6 Å². The van der Waals surface area contributed by atoms with Gasteiger partial charge in [-0.25, -0.2) is 0 Å². The number of rotatable bonds is 4. The molecule has 0 aromatic heterocycles. The summed E-state index contributed by atoms with van der Waals surface area (Å²) in [7, 11) is 0. The molecule has 1 atom stereocenters. The lowest BCUT2D eigenvalue weighted by molar-refractivity contribution is 0.793. The Hall–Kier alpha value is -0.230. The van der Waals surface area contributed by atoms with Crippen molar-refractivity contribution in [1.29, 1.82) is 0 Å². The maximum atomic E-state index is 5.92. The highest BCUT2D eigenvalue weighted by molar-refractivity contribution is 6.22. The zero-order chi connectivity index (χ0) is 8.10. The van der Waals surface area contributed by atoms with Crippen LogP contribution in [0.5, 0.6) is 0 Å². The van der Waals surface area contributed by atoms with Crippen molar-refractivity contribution in [2.45, 2.75) is 37.5 Å². The highest BCUT2D eigenvalue weighted by Gasteiger charge is 2.11. The van der Waals surface area contributed by atoms with Gasteiger partial charge in [0.05, 0.1) is 5.38 Å². The first kappa shape index (κ1) is 8.86. The first-order valence-corrected chi connectivity index (χ1v) is 4.71. The van der Waals surface area contributed by atoms with Crippen molar-refractivity contribution < 1.29 is 0 Å². The maximum absolute atomic E-state index is 5.92. The molecule has 0 saturated heterocycles. The van der Waals surface area contributed by atoms with Gasteiger partial charge >= 0.3 is 0 Å². The number of halogens is 1. The molecule has 0 N–H and O–H groups in total. The van der Waals surface area contributed by atoms with Crippen molar-refractivity contribution in [2.24, 2.45) is 0 Å². The van der Waals surface area contributed by atoms with Crippen LogP contribution in [0.15, 0.2) is 24.3 Å². The zero-order valence-electron chi connectivity index (χ0n) is 6.85. The summed E-state index contributed by atoms with van der Waals surface area (Å²) in [4.78, 5) is 0. The van der Waals surface area contributed by atoms with E-state index in [4.69, 9.17) is 11.6 Å². The fraction of sp³-hybridized carbons (Fsp3) is 0.600. The first-order valence-electron chi connectivity index (χ1n) is 4.27. The molecule has 0 bridgehead atoms. The number of hydrogen-bond donors (Lipinski definition) is 0. The Labute approximate surface area is 73.9 Å².